The third-order valence-electron chi connectivity index (χ3n) is 10.2. The molecule has 5 aliphatic carbocycles. The Bertz CT molecular complexity index is 681. The van der Waals surface area contributed by atoms with Crippen LogP contribution in [-0.2, 0) is 0 Å². The smallest absolute Gasteiger partial charge is 0.0675 e. The molecule has 0 aliphatic heterocycles. The van der Waals surface area contributed by atoms with Crippen molar-refractivity contribution in [2.24, 2.45) is 34.5 Å². The molecular formula is C25H36O. The van der Waals surface area contributed by atoms with Crippen molar-refractivity contribution in [1.29, 1.82) is 0 Å². The minimum Gasteiger partial charge on any atom is -0.390 e. The summed E-state index contributed by atoms with van der Waals surface area (Å²) in [6.45, 7) is 7.19. The maximum atomic E-state index is 11.1. The Morgan fingerprint density at radius 1 is 0.885 bits per heavy atom. The molecule has 5 aliphatic rings. The van der Waals surface area contributed by atoms with Crippen LogP contribution in [0.15, 0.2) is 35.5 Å². The van der Waals surface area contributed by atoms with Crippen LogP contribution in [-0.4, -0.2) is 10.7 Å². The molecule has 0 heterocycles. The molecule has 142 valence electrons. The number of fused-ring (bicyclic) bond motifs is 5. The summed E-state index contributed by atoms with van der Waals surface area (Å²) in [6, 6.07) is 0. The second kappa shape index (κ2) is 5.60. The summed E-state index contributed by atoms with van der Waals surface area (Å²) in [4.78, 5) is 0. The summed E-state index contributed by atoms with van der Waals surface area (Å²) in [5.41, 5.74) is 3.50. The second-order valence-corrected chi connectivity index (χ2v) is 10.9. The first-order valence-electron chi connectivity index (χ1n) is 11.1. The first-order valence-corrected chi connectivity index (χ1v) is 11.1. The number of hydrogen-bond acceptors (Lipinski definition) is 1. The Balaban J connectivity index is 1.42. The van der Waals surface area contributed by atoms with E-state index in [1.165, 1.54) is 56.9 Å². The lowest BCUT2D eigenvalue weighted by molar-refractivity contribution is -0.142. The van der Waals surface area contributed by atoms with Crippen molar-refractivity contribution in [3.63, 3.8) is 0 Å². The van der Waals surface area contributed by atoms with Gasteiger partial charge in [0.15, 0.2) is 0 Å². The molecule has 26 heavy (non-hydrogen) atoms. The largest absolute Gasteiger partial charge is 0.390 e. The number of hydrogen-bond donors (Lipinski definition) is 1. The predicted molar refractivity (Wildman–Crippen MR) is 108 cm³/mol. The van der Waals surface area contributed by atoms with E-state index in [0.717, 1.165) is 30.1 Å². The quantitative estimate of drug-likeness (QED) is 0.550. The van der Waals surface area contributed by atoms with Gasteiger partial charge in [-0.05, 0) is 105 Å². The molecule has 7 atom stereocenters. The van der Waals surface area contributed by atoms with Gasteiger partial charge >= 0.3 is 0 Å². The van der Waals surface area contributed by atoms with Crippen molar-refractivity contribution in [1.82, 2.24) is 0 Å². The maximum absolute atomic E-state index is 11.1. The molecule has 0 unspecified atom stereocenters. The molecule has 4 saturated carbocycles. The van der Waals surface area contributed by atoms with E-state index in [1.807, 2.05) is 0 Å². The van der Waals surface area contributed by atoms with Gasteiger partial charge in [0.1, 0.15) is 0 Å². The topological polar surface area (TPSA) is 20.2 Å². The average molecular weight is 353 g/mol. The highest BCUT2D eigenvalue weighted by molar-refractivity contribution is 5.44. The SMILES string of the molecule is C[C@]12CCC(=C3C=CC=C3)C[C@H]1CC[C@@H]1[C@@H]2CC[C@@]2(C)[C@H]1CC[C@]2(C)O. The molecule has 0 aromatic rings. The molecular weight excluding hydrogens is 316 g/mol. The molecule has 0 aromatic heterocycles. The van der Waals surface area contributed by atoms with Gasteiger partial charge in [-0.1, -0.05) is 43.7 Å². The highest BCUT2D eigenvalue weighted by atomic mass is 16.3. The van der Waals surface area contributed by atoms with Crippen LogP contribution in [0.4, 0.5) is 0 Å². The van der Waals surface area contributed by atoms with Crippen molar-refractivity contribution in [3.05, 3.63) is 35.5 Å². The molecule has 0 aromatic carbocycles. The highest BCUT2D eigenvalue weighted by Crippen LogP contribution is 2.68. The van der Waals surface area contributed by atoms with Gasteiger partial charge in [-0.2, -0.15) is 0 Å². The summed E-state index contributed by atoms with van der Waals surface area (Å²) in [5, 5.41) is 11.1. The van der Waals surface area contributed by atoms with E-state index in [1.54, 1.807) is 5.57 Å². The summed E-state index contributed by atoms with van der Waals surface area (Å²) in [6.07, 6.45) is 20.8. The van der Waals surface area contributed by atoms with Crippen LogP contribution in [0.25, 0.3) is 0 Å². The standard InChI is InChI=1S/C25H36O/c1-23-13-10-18(17-6-4-5-7-17)16-19(23)8-9-20-21(23)11-14-24(2)22(20)12-15-25(24,3)26/h4-7,19-22,26H,8-16H2,1-3H3/t19-,20-,21+,22+,23+,24+,25+/m1/s1. The van der Waals surface area contributed by atoms with Crippen LogP contribution in [0.3, 0.4) is 0 Å². The van der Waals surface area contributed by atoms with Crippen LogP contribution in [0.1, 0.15) is 78.6 Å². The zero-order valence-corrected chi connectivity index (χ0v) is 16.9. The van der Waals surface area contributed by atoms with E-state index in [-0.39, 0.29) is 5.41 Å². The van der Waals surface area contributed by atoms with E-state index >= 15 is 0 Å². The Morgan fingerprint density at radius 3 is 2.38 bits per heavy atom. The first-order chi connectivity index (χ1) is 12.4. The van der Waals surface area contributed by atoms with Crippen LogP contribution < -0.4 is 0 Å². The number of rotatable bonds is 0. The molecule has 0 radical (unpaired) electrons. The van der Waals surface area contributed by atoms with Crippen molar-refractivity contribution in [2.75, 3.05) is 0 Å². The van der Waals surface area contributed by atoms with E-state index < -0.39 is 5.60 Å². The van der Waals surface area contributed by atoms with Gasteiger partial charge in [0.25, 0.3) is 0 Å². The Kier molecular flexibility index (Phi) is 3.72. The Hall–Kier alpha value is -0.820. The third-order valence-corrected chi connectivity index (χ3v) is 10.2. The molecule has 0 spiro atoms. The summed E-state index contributed by atoms with van der Waals surface area (Å²) >= 11 is 0. The third kappa shape index (κ3) is 2.19. The normalized spacial score (nSPS) is 52.8. The van der Waals surface area contributed by atoms with Crippen molar-refractivity contribution in [2.45, 2.75) is 84.2 Å². The minimum absolute atomic E-state index is 0.165. The molecule has 1 heteroatoms. The maximum Gasteiger partial charge on any atom is 0.0675 e. The lowest BCUT2D eigenvalue weighted by Crippen LogP contribution is -2.55. The van der Waals surface area contributed by atoms with Gasteiger partial charge in [-0.3, -0.25) is 0 Å². The second-order valence-electron chi connectivity index (χ2n) is 10.9. The molecule has 5 rings (SSSR count). The highest BCUT2D eigenvalue weighted by Gasteiger charge is 2.62. The van der Waals surface area contributed by atoms with E-state index in [0.29, 0.717) is 5.41 Å². The summed E-state index contributed by atoms with van der Waals surface area (Å²) < 4.78 is 0. The van der Waals surface area contributed by atoms with Crippen LogP contribution >= 0.6 is 0 Å². The van der Waals surface area contributed by atoms with Gasteiger partial charge in [0.05, 0.1) is 5.60 Å². The minimum atomic E-state index is -0.439. The van der Waals surface area contributed by atoms with Gasteiger partial charge in [0, 0.05) is 0 Å². The van der Waals surface area contributed by atoms with E-state index in [4.69, 9.17) is 0 Å². The molecule has 0 bridgehead atoms. The van der Waals surface area contributed by atoms with Crippen LogP contribution in [0, 0.1) is 34.5 Å². The van der Waals surface area contributed by atoms with Crippen LogP contribution in [0.2, 0.25) is 0 Å². The van der Waals surface area contributed by atoms with Crippen molar-refractivity contribution >= 4 is 0 Å². The van der Waals surface area contributed by atoms with Gasteiger partial charge < -0.3 is 5.11 Å². The fraction of sp³-hybridized carbons (Fsp3) is 0.760. The first kappa shape index (κ1) is 17.3. The summed E-state index contributed by atoms with van der Waals surface area (Å²) in [7, 11) is 0. The Labute approximate surface area is 159 Å². The molecule has 0 amide bonds. The van der Waals surface area contributed by atoms with Crippen molar-refractivity contribution in [3.8, 4) is 0 Å². The Morgan fingerprint density at radius 2 is 1.62 bits per heavy atom. The summed E-state index contributed by atoms with van der Waals surface area (Å²) in [5.74, 6) is 3.40. The zero-order chi connectivity index (χ0) is 18.2. The number of allylic oxidation sites excluding steroid dienone is 6. The molecule has 1 nitrogen and oxygen atoms in total. The number of aliphatic hydroxyl groups is 1. The average Bonchev–Trinajstić information content (AvgIpc) is 3.21. The lowest BCUT2D eigenvalue weighted by atomic mass is 9.44. The van der Waals surface area contributed by atoms with Crippen molar-refractivity contribution < 1.29 is 5.11 Å². The van der Waals surface area contributed by atoms with Crippen LogP contribution in [0.5, 0.6) is 0 Å². The molecule has 4 fully saturated rings. The van der Waals surface area contributed by atoms with Gasteiger partial charge in [-0.15, -0.1) is 0 Å². The lowest BCUT2D eigenvalue weighted by Gasteiger charge is -2.61. The molecule has 1 N–H and O–H groups in total. The predicted octanol–water partition coefficient (Wildman–Crippen LogP) is 6.20. The zero-order valence-electron chi connectivity index (χ0n) is 16.9. The fourth-order valence-corrected chi connectivity index (χ4v) is 8.19. The molecule has 0 saturated heterocycles. The van der Waals surface area contributed by atoms with Gasteiger partial charge in [0.2, 0.25) is 0 Å². The fourth-order valence-electron chi connectivity index (χ4n) is 8.19. The van der Waals surface area contributed by atoms with E-state index in [9.17, 15) is 5.11 Å². The van der Waals surface area contributed by atoms with Gasteiger partial charge in [-0.25, -0.2) is 0 Å². The monoisotopic (exact) mass is 352 g/mol. The van der Waals surface area contributed by atoms with E-state index in [2.05, 4.69) is 45.1 Å².